The maximum Gasteiger partial charge on any atom is 0.338 e. The monoisotopic (exact) mass is 378 g/mol. The van der Waals surface area contributed by atoms with Crippen molar-refractivity contribution in [2.75, 3.05) is 11.3 Å². The topological polar surface area (TPSA) is 116 Å². The van der Waals surface area contributed by atoms with Crippen molar-refractivity contribution in [3.05, 3.63) is 63.7 Å². The summed E-state index contributed by atoms with van der Waals surface area (Å²) in [6.45, 7) is 3.73. The zero-order valence-corrected chi connectivity index (χ0v) is 15.1. The molecule has 1 N–H and O–H groups in total. The molecule has 2 aromatic carbocycles. The average Bonchev–Trinajstić information content (AvgIpc) is 2.60. The van der Waals surface area contributed by atoms with E-state index in [2.05, 4.69) is 4.72 Å². The van der Waals surface area contributed by atoms with Crippen molar-refractivity contribution in [3.63, 3.8) is 0 Å². The van der Waals surface area contributed by atoms with Crippen LogP contribution in [-0.4, -0.2) is 25.9 Å². The summed E-state index contributed by atoms with van der Waals surface area (Å²) in [5.41, 5.74) is 0.587. The number of anilines is 1. The van der Waals surface area contributed by atoms with Gasteiger partial charge < -0.3 is 4.74 Å². The lowest BCUT2D eigenvalue weighted by Crippen LogP contribution is -2.15. The van der Waals surface area contributed by atoms with Gasteiger partial charge in [0.15, 0.2) is 0 Å². The van der Waals surface area contributed by atoms with Crippen molar-refractivity contribution in [1.29, 1.82) is 0 Å². The highest BCUT2D eigenvalue weighted by Gasteiger charge is 2.21. The van der Waals surface area contributed by atoms with Crippen LogP contribution in [0.1, 0.15) is 29.3 Å². The first-order chi connectivity index (χ1) is 12.2. The number of ether oxygens (including phenoxy) is 1. The molecule has 0 aliphatic rings. The van der Waals surface area contributed by atoms with Crippen LogP contribution >= 0.6 is 0 Å². The van der Waals surface area contributed by atoms with Gasteiger partial charge in [-0.15, -0.1) is 0 Å². The molecule has 26 heavy (non-hydrogen) atoms. The van der Waals surface area contributed by atoms with E-state index in [0.717, 1.165) is 6.07 Å². The molecule has 0 heterocycles. The number of rotatable bonds is 7. The number of carbonyl (C=O) groups excluding carboxylic acids is 1. The first kappa shape index (κ1) is 19.4. The van der Waals surface area contributed by atoms with Crippen molar-refractivity contribution in [2.24, 2.45) is 0 Å². The molecule has 0 unspecified atom stereocenters. The predicted molar refractivity (Wildman–Crippen MR) is 95.7 cm³/mol. The molecule has 0 fully saturated rings. The van der Waals surface area contributed by atoms with Gasteiger partial charge in [0.2, 0.25) is 0 Å². The van der Waals surface area contributed by atoms with Crippen molar-refractivity contribution in [1.82, 2.24) is 0 Å². The van der Waals surface area contributed by atoms with Gasteiger partial charge in [-0.2, -0.15) is 0 Å². The van der Waals surface area contributed by atoms with Crippen LogP contribution in [0.2, 0.25) is 0 Å². The van der Waals surface area contributed by atoms with Crippen LogP contribution in [0.15, 0.2) is 47.4 Å². The number of carbonyl (C=O) groups is 1. The van der Waals surface area contributed by atoms with E-state index in [1.54, 1.807) is 6.92 Å². The molecule has 0 bridgehead atoms. The molecule has 2 rings (SSSR count). The summed E-state index contributed by atoms with van der Waals surface area (Å²) in [5, 5.41) is 10.9. The number of hydrogen-bond donors (Lipinski definition) is 1. The minimum atomic E-state index is -4.02. The molecular weight excluding hydrogens is 360 g/mol. The van der Waals surface area contributed by atoms with Gasteiger partial charge in [-0.3, -0.25) is 14.8 Å². The third-order valence-corrected chi connectivity index (χ3v) is 5.01. The lowest BCUT2D eigenvalue weighted by Gasteiger charge is -2.11. The van der Waals surface area contributed by atoms with Crippen molar-refractivity contribution < 1.29 is 22.9 Å². The summed E-state index contributed by atoms with van der Waals surface area (Å²) < 4.78 is 32.4. The van der Waals surface area contributed by atoms with E-state index in [0.29, 0.717) is 24.2 Å². The highest BCUT2D eigenvalue weighted by molar-refractivity contribution is 7.92. The number of aryl methyl sites for hydroxylation is 1. The Labute approximate surface area is 151 Å². The molecule has 0 aromatic heterocycles. The molecule has 0 amide bonds. The third-order valence-electron chi connectivity index (χ3n) is 3.48. The highest BCUT2D eigenvalue weighted by atomic mass is 32.2. The number of nitrogens with zero attached hydrogens (tertiary/aromatic N) is 1. The normalized spacial score (nSPS) is 11.0. The van der Waals surface area contributed by atoms with E-state index in [1.165, 1.54) is 36.4 Å². The first-order valence-corrected chi connectivity index (χ1v) is 9.28. The summed E-state index contributed by atoms with van der Waals surface area (Å²) >= 11 is 0. The van der Waals surface area contributed by atoms with Gasteiger partial charge in [0.1, 0.15) is 0 Å². The Morgan fingerprint density at radius 1 is 1.19 bits per heavy atom. The number of non-ortho nitro benzene ring substituents is 1. The van der Waals surface area contributed by atoms with Crippen LogP contribution in [0.25, 0.3) is 0 Å². The number of nitrogens with one attached hydrogen (secondary N) is 1. The second kappa shape index (κ2) is 7.96. The molecule has 0 atom stereocenters. The van der Waals surface area contributed by atoms with Crippen molar-refractivity contribution in [3.8, 4) is 0 Å². The van der Waals surface area contributed by atoms with E-state index in [-0.39, 0.29) is 16.3 Å². The van der Waals surface area contributed by atoms with E-state index in [1.807, 2.05) is 6.92 Å². The van der Waals surface area contributed by atoms with E-state index in [9.17, 15) is 23.3 Å². The Kier molecular flexibility index (Phi) is 5.93. The van der Waals surface area contributed by atoms with Gasteiger partial charge in [0.25, 0.3) is 15.7 Å². The fourth-order valence-electron chi connectivity index (χ4n) is 2.15. The molecule has 138 valence electrons. The Hall–Kier alpha value is -2.94. The zero-order valence-electron chi connectivity index (χ0n) is 14.3. The predicted octanol–water partition coefficient (Wildman–Crippen LogP) is 3.27. The second-order valence-electron chi connectivity index (χ2n) is 5.53. The molecule has 0 spiro atoms. The molecule has 8 nitrogen and oxygen atoms in total. The lowest BCUT2D eigenvalue weighted by atomic mass is 10.2. The summed E-state index contributed by atoms with van der Waals surface area (Å²) in [7, 11) is -4.02. The van der Waals surface area contributed by atoms with Crippen LogP contribution in [0.4, 0.5) is 11.4 Å². The minimum absolute atomic E-state index is 0.182. The van der Waals surface area contributed by atoms with E-state index < -0.39 is 20.9 Å². The standard InChI is InChI=1S/C17H18N2O6S/c1-3-10-25-17(20)13-5-7-14(8-6-13)18-26(23,24)16-11-15(19(21)22)9-4-12(16)2/h4-9,11,18H,3,10H2,1-2H3. The van der Waals surface area contributed by atoms with E-state index >= 15 is 0 Å². The molecule has 2 aromatic rings. The summed E-state index contributed by atoms with van der Waals surface area (Å²) in [6.07, 6.45) is 0.701. The molecule has 0 aliphatic heterocycles. The SMILES string of the molecule is CCCOC(=O)c1ccc(NS(=O)(=O)c2cc([N+](=O)[O-])ccc2C)cc1. The van der Waals surface area contributed by atoms with Gasteiger partial charge in [0.05, 0.1) is 22.0 Å². The number of nitro benzene ring substituents is 1. The van der Waals surface area contributed by atoms with Crippen LogP contribution in [0.3, 0.4) is 0 Å². The maximum absolute atomic E-state index is 12.5. The first-order valence-electron chi connectivity index (χ1n) is 7.79. The third kappa shape index (κ3) is 4.57. The molecular formula is C17H18N2O6S. The largest absolute Gasteiger partial charge is 0.462 e. The quantitative estimate of drug-likeness (QED) is 0.449. The van der Waals surface area contributed by atoms with Crippen molar-refractivity contribution >= 4 is 27.4 Å². The van der Waals surface area contributed by atoms with Crippen LogP contribution in [0, 0.1) is 17.0 Å². The number of esters is 1. The van der Waals surface area contributed by atoms with Crippen molar-refractivity contribution in [2.45, 2.75) is 25.2 Å². The molecule has 0 radical (unpaired) electrons. The lowest BCUT2D eigenvalue weighted by molar-refractivity contribution is -0.385. The second-order valence-corrected chi connectivity index (χ2v) is 7.18. The van der Waals surface area contributed by atoms with Gasteiger partial charge >= 0.3 is 5.97 Å². The fourth-order valence-corrected chi connectivity index (χ4v) is 3.48. The van der Waals surface area contributed by atoms with Gasteiger partial charge in [-0.05, 0) is 43.2 Å². The fraction of sp³-hybridized carbons (Fsp3) is 0.235. The Morgan fingerprint density at radius 2 is 1.85 bits per heavy atom. The van der Waals surface area contributed by atoms with Crippen LogP contribution < -0.4 is 4.72 Å². The maximum atomic E-state index is 12.5. The number of benzene rings is 2. The number of hydrogen-bond acceptors (Lipinski definition) is 6. The zero-order chi connectivity index (χ0) is 19.3. The minimum Gasteiger partial charge on any atom is -0.462 e. The van der Waals surface area contributed by atoms with Gasteiger partial charge in [0, 0.05) is 17.8 Å². The molecule has 0 saturated carbocycles. The Balaban J connectivity index is 2.23. The van der Waals surface area contributed by atoms with Crippen LogP contribution in [0.5, 0.6) is 0 Å². The summed E-state index contributed by atoms with van der Waals surface area (Å²) in [5.74, 6) is -0.490. The number of sulfonamides is 1. The number of nitro groups is 1. The molecule has 9 heteroatoms. The van der Waals surface area contributed by atoms with Gasteiger partial charge in [-0.1, -0.05) is 13.0 Å². The Morgan fingerprint density at radius 3 is 2.42 bits per heavy atom. The Bertz CT molecular complexity index is 923. The smallest absolute Gasteiger partial charge is 0.338 e. The molecule has 0 aliphatic carbocycles. The highest BCUT2D eigenvalue weighted by Crippen LogP contribution is 2.24. The summed E-state index contributed by atoms with van der Waals surface area (Å²) in [4.78, 5) is 21.8. The van der Waals surface area contributed by atoms with Crippen LogP contribution in [-0.2, 0) is 14.8 Å². The summed E-state index contributed by atoms with van der Waals surface area (Å²) in [6, 6.07) is 9.35. The van der Waals surface area contributed by atoms with E-state index in [4.69, 9.17) is 4.74 Å². The average molecular weight is 378 g/mol. The van der Waals surface area contributed by atoms with Gasteiger partial charge in [-0.25, -0.2) is 13.2 Å². The molecule has 0 saturated heterocycles.